The molecule has 0 bridgehead atoms. The highest BCUT2D eigenvalue weighted by atomic mass is 32.1. The van der Waals surface area contributed by atoms with Crippen LogP contribution in [0.5, 0.6) is 0 Å². The van der Waals surface area contributed by atoms with Crippen LogP contribution in [0.4, 0.5) is 0 Å². The number of hydrogen-bond acceptors (Lipinski definition) is 4. The van der Waals surface area contributed by atoms with Gasteiger partial charge in [0.25, 0.3) is 0 Å². The first-order valence-corrected chi connectivity index (χ1v) is 10.5. The van der Waals surface area contributed by atoms with Crippen LogP contribution in [0.15, 0.2) is 16.4 Å². The quantitative estimate of drug-likeness (QED) is 0.372. The predicted octanol–water partition coefficient (Wildman–Crippen LogP) is 2.39. The van der Waals surface area contributed by atoms with E-state index < -0.39 is 0 Å². The Kier molecular flexibility index (Phi) is 9.48. The molecular formula is C19H32N4O2S. The van der Waals surface area contributed by atoms with Crippen LogP contribution in [-0.4, -0.2) is 56.7 Å². The van der Waals surface area contributed by atoms with Gasteiger partial charge in [0.2, 0.25) is 5.91 Å². The van der Waals surface area contributed by atoms with Crippen LogP contribution >= 0.6 is 11.3 Å². The molecule has 0 saturated heterocycles. The summed E-state index contributed by atoms with van der Waals surface area (Å²) in [5, 5.41) is 8.59. The number of ether oxygens (including phenoxy) is 1. The Morgan fingerprint density at radius 2 is 2.12 bits per heavy atom. The van der Waals surface area contributed by atoms with E-state index in [1.807, 2.05) is 4.90 Å². The molecule has 1 amide bonds. The van der Waals surface area contributed by atoms with Crippen molar-refractivity contribution in [2.45, 2.75) is 45.6 Å². The van der Waals surface area contributed by atoms with Gasteiger partial charge in [-0.1, -0.05) is 13.3 Å². The van der Waals surface area contributed by atoms with E-state index in [1.165, 1.54) is 16.9 Å². The summed E-state index contributed by atoms with van der Waals surface area (Å²) in [7, 11) is 1.75. The molecule has 0 radical (unpaired) electrons. The fourth-order valence-electron chi connectivity index (χ4n) is 2.86. The lowest BCUT2D eigenvalue weighted by Crippen LogP contribution is -2.41. The van der Waals surface area contributed by atoms with Crippen molar-refractivity contribution in [3.63, 3.8) is 0 Å². The van der Waals surface area contributed by atoms with Crippen LogP contribution in [0.3, 0.4) is 0 Å². The first kappa shape index (κ1) is 20.7. The molecule has 2 N–H and O–H groups in total. The summed E-state index contributed by atoms with van der Waals surface area (Å²) < 4.78 is 5.54. The lowest BCUT2D eigenvalue weighted by atomic mass is 10.1. The van der Waals surface area contributed by atoms with Crippen LogP contribution in [0.25, 0.3) is 0 Å². The summed E-state index contributed by atoms with van der Waals surface area (Å²) in [6.07, 6.45) is 4.70. The van der Waals surface area contributed by atoms with Gasteiger partial charge in [-0.15, -0.1) is 11.3 Å². The molecular weight excluding hydrogens is 348 g/mol. The third-order valence-corrected chi connectivity index (χ3v) is 5.44. The Labute approximate surface area is 161 Å². The largest absolute Gasteiger partial charge is 0.381 e. The molecule has 6 nitrogen and oxygen atoms in total. The molecule has 2 rings (SSSR count). The van der Waals surface area contributed by atoms with Gasteiger partial charge in [-0.05, 0) is 36.3 Å². The fourth-order valence-corrected chi connectivity index (χ4v) is 3.75. The topological polar surface area (TPSA) is 66.0 Å². The van der Waals surface area contributed by atoms with Crippen LogP contribution in [-0.2, 0) is 22.5 Å². The number of carbonyl (C=O) groups is 1. The van der Waals surface area contributed by atoms with E-state index in [9.17, 15) is 4.79 Å². The molecule has 0 atom stereocenters. The minimum atomic E-state index is 0.203. The number of amides is 1. The van der Waals surface area contributed by atoms with E-state index in [-0.39, 0.29) is 5.91 Å². The minimum absolute atomic E-state index is 0.203. The molecule has 0 unspecified atom stereocenters. The van der Waals surface area contributed by atoms with Crippen molar-refractivity contribution >= 4 is 23.2 Å². The molecule has 0 aliphatic carbocycles. The molecule has 0 spiro atoms. The van der Waals surface area contributed by atoms with Crippen LogP contribution in [0.1, 0.15) is 43.0 Å². The number of guanidine groups is 1. The Morgan fingerprint density at radius 3 is 2.92 bits per heavy atom. The maximum Gasteiger partial charge on any atom is 0.224 e. The molecule has 7 heteroatoms. The van der Waals surface area contributed by atoms with E-state index in [0.717, 1.165) is 58.1 Å². The van der Waals surface area contributed by atoms with Crippen molar-refractivity contribution in [3.8, 4) is 0 Å². The van der Waals surface area contributed by atoms with Gasteiger partial charge in [0.1, 0.15) is 0 Å². The van der Waals surface area contributed by atoms with Gasteiger partial charge in [0, 0.05) is 57.7 Å². The average Bonchev–Trinajstić information content (AvgIpc) is 3.13. The van der Waals surface area contributed by atoms with E-state index in [0.29, 0.717) is 13.0 Å². The van der Waals surface area contributed by atoms with Gasteiger partial charge in [0.15, 0.2) is 5.96 Å². The normalized spacial score (nSPS) is 14.2. The Hall–Kier alpha value is -1.60. The average molecular weight is 381 g/mol. The van der Waals surface area contributed by atoms with Crippen molar-refractivity contribution in [1.82, 2.24) is 15.5 Å². The first-order valence-electron chi connectivity index (χ1n) is 9.60. The zero-order chi connectivity index (χ0) is 18.6. The second-order valence-electron chi connectivity index (χ2n) is 6.43. The highest BCUT2D eigenvalue weighted by molar-refractivity contribution is 7.10. The standard InChI is InChI=1S/C19H32N4O2S/c1-3-4-12-25-13-5-9-21-19(20-2)22-10-6-18(24)23-11-7-17-16(15-23)8-14-26-17/h8,14H,3-7,9-13,15H2,1-2H3,(H2,20,21,22). The van der Waals surface area contributed by atoms with Gasteiger partial charge in [-0.3, -0.25) is 9.79 Å². The molecule has 1 aliphatic rings. The van der Waals surface area contributed by atoms with E-state index >= 15 is 0 Å². The zero-order valence-electron chi connectivity index (χ0n) is 16.1. The number of carbonyl (C=O) groups excluding carboxylic acids is 1. The lowest BCUT2D eigenvalue weighted by Gasteiger charge is -2.27. The van der Waals surface area contributed by atoms with Gasteiger partial charge < -0.3 is 20.3 Å². The number of nitrogens with zero attached hydrogens (tertiary/aromatic N) is 2. The van der Waals surface area contributed by atoms with Gasteiger partial charge >= 0.3 is 0 Å². The monoisotopic (exact) mass is 380 g/mol. The number of thiophene rings is 1. The molecule has 2 heterocycles. The molecule has 146 valence electrons. The summed E-state index contributed by atoms with van der Waals surface area (Å²) in [6.45, 7) is 6.76. The number of rotatable bonds is 10. The van der Waals surface area contributed by atoms with Crippen molar-refractivity contribution in [3.05, 3.63) is 21.9 Å². The first-order chi connectivity index (χ1) is 12.7. The number of hydrogen-bond donors (Lipinski definition) is 2. The summed E-state index contributed by atoms with van der Waals surface area (Å²) in [6, 6.07) is 2.13. The molecule has 26 heavy (non-hydrogen) atoms. The second-order valence-corrected chi connectivity index (χ2v) is 7.43. The summed E-state index contributed by atoms with van der Waals surface area (Å²) >= 11 is 1.80. The number of fused-ring (bicyclic) bond motifs is 1. The summed E-state index contributed by atoms with van der Waals surface area (Å²) in [5.41, 5.74) is 1.31. The van der Waals surface area contributed by atoms with Crippen molar-refractivity contribution in [1.29, 1.82) is 0 Å². The van der Waals surface area contributed by atoms with Gasteiger partial charge in [0.05, 0.1) is 0 Å². The van der Waals surface area contributed by atoms with E-state index in [1.54, 1.807) is 18.4 Å². The zero-order valence-corrected chi connectivity index (χ0v) is 16.9. The second kappa shape index (κ2) is 11.9. The SMILES string of the molecule is CCCCOCCCNC(=NC)NCCC(=O)N1CCc2sccc2C1. The maximum atomic E-state index is 12.4. The van der Waals surface area contributed by atoms with Crippen molar-refractivity contribution in [2.24, 2.45) is 4.99 Å². The maximum absolute atomic E-state index is 12.4. The summed E-state index contributed by atoms with van der Waals surface area (Å²) in [4.78, 5) is 20.0. The van der Waals surface area contributed by atoms with Crippen molar-refractivity contribution < 1.29 is 9.53 Å². The van der Waals surface area contributed by atoms with Crippen LogP contribution in [0, 0.1) is 0 Å². The minimum Gasteiger partial charge on any atom is -0.381 e. The van der Waals surface area contributed by atoms with E-state index in [4.69, 9.17) is 4.74 Å². The predicted molar refractivity (Wildman–Crippen MR) is 108 cm³/mol. The van der Waals surface area contributed by atoms with Crippen LogP contribution < -0.4 is 10.6 Å². The molecule has 0 fully saturated rings. The third-order valence-electron chi connectivity index (χ3n) is 4.42. The Balaban J connectivity index is 1.56. The fraction of sp³-hybridized carbons (Fsp3) is 0.684. The molecule has 1 aliphatic heterocycles. The van der Waals surface area contributed by atoms with Crippen molar-refractivity contribution in [2.75, 3.05) is 39.9 Å². The molecule has 1 aromatic rings. The number of unbranched alkanes of at least 4 members (excludes halogenated alkanes) is 1. The highest BCUT2D eigenvalue weighted by Gasteiger charge is 2.20. The van der Waals surface area contributed by atoms with Gasteiger partial charge in [-0.2, -0.15) is 0 Å². The molecule has 1 aromatic heterocycles. The van der Waals surface area contributed by atoms with Gasteiger partial charge in [-0.25, -0.2) is 0 Å². The summed E-state index contributed by atoms with van der Waals surface area (Å²) in [5.74, 6) is 0.944. The van der Waals surface area contributed by atoms with E-state index in [2.05, 4.69) is 34.0 Å². The Morgan fingerprint density at radius 1 is 1.31 bits per heavy atom. The smallest absolute Gasteiger partial charge is 0.224 e. The molecule has 0 saturated carbocycles. The molecule has 0 aromatic carbocycles. The number of nitrogens with one attached hydrogen (secondary N) is 2. The van der Waals surface area contributed by atoms with Crippen LogP contribution in [0.2, 0.25) is 0 Å². The lowest BCUT2D eigenvalue weighted by molar-refractivity contribution is -0.131. The Bertz CT molecular complexity index is 574. The highest BCUT2D eigenvalue weighted by Crippen LogP contribution is 2.24. The number of aliphatic imine (C=N–C) groups is 1. The third kappa shape index (κ3) is 6.96.